The van der Waals surface area contributed by atoms with E-state index in [1.54, 1.807) is 14.2 Å². The van der Waals surface area contributed by atoms with Gasteiger partial charge in [-0.3, -0.25) is 9.69 Å². The van der Waals surface area contributed by atoms with Crippen LogP contribution in [0.25, 0.3) is 0 Å². The van der Waals surface area contributed by atoms with Gasteiger partial charge >= 0.3 is 5.97 Å². The third-order valence-corrected chi connectivity index (χ3v) is 6.03. The van der Waals surface area contributed by atoms with Crippen molar-refractivity contribution in [1.29, 1.82) is 0 Å². The number of nitrogens with zero attached hydrogens (tertiary/aromatic N) is 1. The number of ether oxygens (including phenoxy) is 3. The molecule has 26 heavy (non-hydrogen) atoms. The van der Waals surface area contributed by atoms with E-state index in [4.69, 9.17) is 14.2 Å². The third kappa shape index (κ3) is 3.68. The van der Waals surface area contributed by atoms with Crippen LogP contribution in [0.3, 0.4) is 0 Å². The third-order valence-electron chi connectivity index (χ3n) is 6.03. The summed E-state index contributed by atoms with van der Waals surface area (Å²) in [5.41, 5.74) is 2.67. The van der Waals surface area contributed by atoms with Crippen LogP contribution in [0.1, 0.15) is 50.3 Å². The lowest BCUT2D eigenvalue weighted by Gasteiger charge is -2.47. The van der Waals surface area contributed by atoms with E-state index in [1.165, 1.54) is 11.1 Å². The first-order valence-corrected chi connectivity index (χ1v) is 9.75. The minimum absolute atomic E-state index is 0.0623. The number of rotatable bonds is 6. The molecule has 0 N–H and O–H groups in total. The summed E-state index contributed by atoms with van der Waals surface area (Å²) in [5, 5.41) is 0. The molecule has 5 nitrogen and oxygen atoms in total. The molecule has 2 aliphatic rings. The molecule has 0 saturated carbocycles. The van der Waals surface area contributed by atoms with Gasteiger partial charge in [0.2, 0.25) is 0 Å². The number of hydrogen-bond donors (Lipinski definition) is 0. The molecule has 0 amide bonds. The highest BCUT2D eigenvalue weighted by molar-refractivity contribution is 5.69. The van der Waals surface area contributed by atoms with Gasteiger partial charge in [0.1, 0.15) is 0 Å². The molecule has 1 fully saturated rings. The molecule has 0 bridgehead atoms. The summed E-state index contributed by atoms with van der Waals surface area (Å²) >= 11 is 0. The highest BCUT2D eigenvalue weighted by Gasteiger charge is 2.39. The van der Waals surface area contributed by atoms with Crippen molar-refractivity contribution < 1.29 is 19.0 Å². The number of benzene rings is 1. The van der Waals surface area contributed by atoms with Crippen molar-refractivity contribution >= 4 is 5.97 Å². The van der Waals surface area contributed by atoms with E-state index >= 15 is 0 Å². The predicted octanol–water partition coefficient (Wildman–Crippen LogP) is 3.60. The van der Waals surface area contributed by atoms with E-state index in [0.29, 0.717) is 30.9 Å². The highest BCUT2D eigenvalue weighted by Crippen LogP contribution is 2.45. The second kappa shape index (κ2) is 8.30. The fraction of sp³-hybridized carbons (Fsp3) is 0.667. The fourth-order valence-electron chi connectivity index (χ4n) is 4.65. The lowest BCUT2D eigenvalue weighted by Crippen LogP contribution is -2.46. The molecule has 0 aromatic heterocycles. The lowest BCUT2D eigenvalue weighted by molar-refractivity contribution is -0.145. The van der Waals surface area contributed by atoms with Gasteiger partial charge in [-0.15, -0.1) is 0 Å². The zero-order chi connectivity index (χ0) is 18.7. The first kappa shape index (κ1) is 19.0. The van der Waals surface area contributed by atoms with Crippen molar-refractivity contribution in [3.05, 3.63) is 23.3 Å². The number of piperidine rings is 1. The number of esters is 1. The molecule has 2 heterocycles. The summed E-state index contributed by atoms with van der Waals surface area (Å²) in [4.78, 5) is 14.7. The Balaban J connectivity index is 1.87. The van der Waals surface area contributed by atoms with Crippen LogP contribution in [-0.2, 0) is 16.0 Å². The van der Waals surface area contributed by atoms with Crippen LogP contribution in [-0.4, -0.2) is 44.8 Å². The molecular formula is C21H31NO4. The van der Waals surface area contributed by atoms with Gasteiger partial charge in [0, 0.05) is 25.6 Å². The minimum atomic E-state index is -0.0623. The average molecular weight is 361 g/mol. The molecule has 3 atom stereocenters. The van der Waals surface area contributed by atoms with Gasteiger partial charge in [0.25, 0.3) is 0 Å². The minimum Gasteiger partial charge on any atom is -0.493 e. The van der Waals surface area contributed by atoms with Crippen LogP contribution in [0.2, 0.25) is 0 Å². The van der Waals surface area contributed by atoms with Gasteiger partial charge in [0.05, 0.1) is 20.8 Å². The largest absolute Gasteiger partial charge is 0.493 e. The van der Waals surface area contributed by atoms with Crippen molar-refractivity contribution in [2.24, 2.45) is 11.8 Å². The van der Waals surface area contributed by atoms with Crippen LogP contribution < -0.4 is 9.47 Å². The van der Waals surface area contributed by atoms with Gasteiger partial charge < -0.3 is 14.2 Å². The smallest absolute Gasteiger partial charge is 0.306 e. The second-order valence-electron chi connectivity index (χ2n) is 7.34. The van der Waals surface area contributed by atoms with Gasteiger partial charge in [0.15, 0.2) is 11.5 Å². The van der Waals surface area contributed by atoms with Crippen molar-refractivity contribution in [3.63, 3.8) is 0 Å². The first-order chi connectivity index (χ1) is 12.6. The maximum Gasteiger partial charge on any atom is 0.306 e. The number of carbonyl (C=O) groups excluding carboxylic acids is 1. The van der Waals surface area contributed by atoms with Crippen LogP contribution in [0.15, 0.2) is 12.1 Å². The fourth-order valence-corrected chi connectivity index (χ4v) is 4.65. The molecule has 0 radical (unpaired) electrons. The Morgan fingerprint density at radius 1 is 1.15 bits per heavy atom. The van der Waals surface area contributed by atoms with Crippen molar-refractivity contribution in [3.8, 4) is 11.5 Å². The SMILES string of the molecule is CCOC(=O)C[C@H]1C[C@@H]2c3cc(OC)c(OC)cc3CCN2C[C@H]1CC. The molecule has 5 heteroatoms. The number of fused-ring (bicyclic) bond motifs is 3. The summed E-state index contributed by atoms with van der Waals surface area (Å²) in [7, 11) is 3.36. The van der Waals surface area contributed by atoms with Gasteiger partial charge in [-0.25, -0.2) is 0 Å². The summed E-state index contributed by atoms with van der Waals surface area (Å²) in [6.07, 6.45) is 3.66. The van der Waals surface area contributed by atoms with Crippen LogP contribution >= 0.6 is 0 Å². The van der Waals surface area contributed by atoms with Gasteiger partial charge in [-0.1, -0.05) is 13.3 Å². The van der Waals surface area contributed by atoms with E-state index in [9.17, 15) is 4.79 Å². The summed E-state index contributed by atoms with van der Waals surface area (Å²) in [5.74, 6) is 2.45. The Bertz CT molecular complexity index is 645. The van der Waals surface area contributed by atoms with Crippen LogP contribution in [0.4, 0.5) is 0 Å². The summed E-state index contributed by atoms with van der Waals surface area (Å²) in [6.45, 7) is 6.68. The molecule has 0 unspecified atom stereocenters. The monoisotopic (exact) mass is 361 g/mol. The van der Waals surface area contributed by atoms with Crippen LogP contribution in [0.5, 0.6) is 11.5 Å². The average Bonchev–Trinajstić information content (AvgIpc) is 2.66. The maximum atomic E-state index is 12.1. The van der Waals surface area contributed by atoms with Crippen molar-refractivity contribution in [2.75, 3.05) is 33.9 Å². The van der Waals surface area contributed by atoms with Crippen molar-refractivity contribution in [1.82, 2.24) is 4.90 Å². The predicted molar refractivity (Wildman–Crippen MR) is 101 cm³/mol. The lowest BCUT2D eigenvalue weighted by atomic mass is 9.74. The molecule has 1 aromatic carbocycles. The number of hydrogen-bond acceptors (Lipinski definition) is 5. The van der Waals surface area contributed by atoms with E-state index in [0.717, 1.165) is 43.9 Å². The summed E-state index contributed by atoms with van der Waals surface area (Å²) < 4.78 is 16.2. The van der Waals surface area contributed by atoms with Gasteiger partial charge in [-0.05, 0) is 54.9 Å². The van der Waals surface area contributed by atoms with Crippen LogP contribution in [0, 0.1) is 11.8 Å². The Morgan fingerprint density at radius 2 is 1.88 bits per heavy atom. The Labute approximate surface area is 156 Å². The molecule has 0 aliphatic carbocycles. The summed E-state index contributed by atoms with van der Waals surface area (Å²) in [6, 6.07) is 4.61. The quantitative estimate of drug-likeness (QED) is 0.725. The molecule has 2 aliphatic heterocycles. The van der Waals surface area contributed by atoms with E-state index in [-0.39, 0.29) is 5.97 Å². The number of methoxy groups -OCH3 is 2. The molecule has 1 aromatic rings. The maximum absolute atomic E-state index is 12.1. The molecule has 144 valence electrons. The zero-order valence-corrected chi connectivity index (χ0v) is 16.4. The van der Waals surface area contributed by atoms with Crippen molar-refractivity contribution in [2.45, 2.75) is 45.6 Å². The molecular weight excluding hydrogens is 330 g/mol. The number of carbonyl (C=O) groups is 1. The molecule has 0 spiro atoms. The zero-order valence-electron chi connectivity index (χ0n) is 16.4. The standard InChI is InChI=1S/C21H31NO4/c1-5-14-13-22-8-7-15-10-19(24-3)20(25-4)12-17(15)18(22)9-16(14)11-21(23)26-6-2/h10,12,14,16,18H,5-9,11,13H2,1-4H3/t14-,16-,18-/m1/s1. The van der Waals surface area contributed by atoms with E-state index < -0.39 is 0 Å². The topological polar surface area (TPSA) is 48.0 Å². The Kier molecular flexibility index (Phi) is 6.07. The van der Waals surface area contributed by atoms with E-state index in [1.807, 2.05) is 6.92 Å². The van der Waals surface area contributed by atoms with E-state index in [2.05, 4.69) is 24.0 Å². The van der Waals surface area contributed by atoms with Gasteiger partial charge in [-0.2, -0.15) is 0 Å². The molecule has 3 rings (SSSR count). The Hall–Kier alpha value is -1.75. The Morgan fingerprint density at radius 3 is 2.54 bits per heavy atom. The second-order valence-corrected chi connectivity index (χ2v) is 7.34. The first-order valence-electron chi connectivity index (χ1n) is 9.75. The molecule has 1 saturated heterocycles. The highest BCUT2D eigenvalue weighted by atomic mass is 16.5. The normalized spacial score (nSPS) is 25.2.